The maximum absolute atomic E-state index is 12.3. The van der Waals surface area contributed by atoms with E-state index >= 15 is 0 Å². The summed E-state index contributed by atoms with van der Waals surface area (Å²) in [5.74, 6) is 0.260. The van der Waals surface area contributed by atoms with Gasteiger partial charge in [-0.05, 0) is 49.6 Å². The molecule has 6 nitrogen and oxygen atoms in total. The van der Waals surface area contributed by atoms with E-state index in [1.165, 1.54) is 0 Å². The molecule has 2 atom stereocenters. The highest BCUT2D eigenvalue weighted by Crippen LogP contribution is 2.27. The van der Waals surface area contributed by atoms with Gasteiger partial charge < -0.3 is 15.4 Å². The molecule has 3 aromatic rings. The number of hydrogen-bond acceptors (Lipinski definition) is 4. The van der Waals surface area contributed by atoms with Crippen LogP contribution in [-0.2, 0) is 4.79 Å². The molecule has 1 aliphatic rings. The summed E-state index contributed by atoms with van der Waals surface area (Å²) in [6, 6.07) is 11.2. The van der Waals surface area contributed by atoms with Crippen LogP contribution in [0.25, 0.3) is 22.6 Å². The third kappa shape index (κ3) is 2.76. The van der Waals surface area contributed by atoms with Gasteiger partial charge >= 0.3 is 0 Å². The maximum Gasteiger partial charge on any atom is 0.230 e. The monoisotopic (exact) mass is 322 g/mol. The largest absolute Gasteiger partial charge is 0.392 e. The molecule has 1 aromatic carbocycles. The molecule has 1 aliphatic carbocycles. The van der Waals surface area contributed by atoms with Crippen molar-refractivity contribution in [2.75, 3.05) is 5.32 Å². The molecule has 0 radical (unpaired) electrons. The Morgan fingerprint density at radius 3 is 2.92 bits per heavy atom. The van der Waals surface area contributed by atoms with E-state index in [4.69, 9.17) is 0 Å². The number of pyridine rings is 1. The molecule has 1 saturated carbocycles. The van der Waals surface area contributed by atoms with Gasteiger partial charge in [0.25, 0.3) is 0 Å². The van der Waals surface area contributed by atoms with Crippen LogP contribution in [0.5, 0.6) is 0 Å². The first-order valence-electron chi connectivity index (χ1n) is 8.11. The second kappa shape index (κ2) is 6.05. The Morgan fingerprint density at radius 2 is 2.17 bits per heavy atom. The molecule has 24 heavy (non-hydrogen) atoms. The minimum absolute atomic E-state index is 0.121. The number of fused-ring (bicyclic) bond motifs is 1. The number of hydrogen-bond donors (Lipinski definition) is 3. The van der Waals surface area contributed by atoms with Crippen molar-refractivity contribution >= 4 is 22.6 Å². The molecule has 0 aliphatic heterocycles. The van der Waals surface area contributed by atoms with E-state index in [-0.39, 0.29) is 11.8 Å². The van der Waals surface area contributed by atoms with Gasteiger partial charge in [-0.1, -0.05) is 6.07 Å². The van der Waals surface area contributed by atoms with Crippen molar-refractivity contribution < 1.29 is 9.90 Å². The molecule has 2 heterocycles. The number of aliphatic hydroxyl groups excluding tert-OH is 1. The zero-order chi connectivity index (χ0) is 16.5. The standard InChI is InChI=1S/C18H18N4O2/c23-16-6-3-4-12(16)18(24)20-11-7-8-13-15(10-11)22-17(21-13)14-5-1-2-9-19-14/h1-2,5,7-10,12,16,23H,3-4,6H2,(H,20,24)(H,21,22). The fourth-order valence-electron chi connectivity index (χ4n) is 3.19. The van der Waals surface area contributed by atoms with Crippen molar-refractivity contribution in [1.29, 1.82) is 0 Å². The molecule has 2 unspecified atom stereocenters. The van der Waals surface area contributed by atoms with Crippen LogP contribution in [0.2, 0.25) is 0 Å². The van der Waals surface area contributed by atoms with Crippen molar-refractivity contribution in [3.8, 4) is 11.5 Å². The molecule has 122 valence electrons. The van der Waals surface area contributed by atoms with E-state index in [2.05, 4.69) is 20.3 Å². The van der Waals surface area contributed by atoms with Gasteiger partial charge in [-0.3, -0.25) is 9.78 Å². The Morgan fingerprint density at radius 1 is 1.25 bits per heavy atom. The van der Waals surface area contributed by atoms with Crippen LogP contribution in [-0.4, -0.2) is 32.1 Å². The summed E-state index contributed by atoms with van der Waals surface area (Å²) in [6.45, 7) is 0. The van der Waals surface area contributed by atoms with Gasteiger partial charge in [-0.2, -0.15) is 0 Å². The topological polar surface area (TPSA) is 90.9 Å². The van der Waals surface area contributed by atoms with Gasteiger partial charge in [0.15, 0.2) is 5.82 Å². The minimum Gasteiger partial charge on any atom is -0.392 e. The molecule has 0 spiro atoms. The fraction of sp³-hybridized carbons (Fsp3) is 0.278. The Labute approximate surface area is 139 Å². The number of aromatic amines is 1. The number of nitrogens with one attached hydrogen (secondary N) is 2. The van der Waals surface area contributed by atoms with Crippen LogP contribution < -0.4 is 5.32 Å². The van der Waals surface area contributed by atoms with Crippen molar-refractivity contribution in [3.05, 3.63) is 42.6 Å². The zero-order valence-corrected chi connectivity index (χ0v) is 13.1. The first-order chi connectivity index (χ1) is 11.7. The van der Waals surface area contributed by atoms with Crippen molar-refractivity contribution in [2.24, 2.45) is 5.92 Å². The molecule has 6 heteroatoms. The van der Waals surface area contributed by atoms with Crippen molar-refractivity contribution in [2.45, 2.75) is 25.4 Å². The summed E-state index contributed by atoms with van der Waals surface area (Å²) in [6.07, 6.45) is 3.53. The van der Waals surface area contributed by atoms with E-state index in [9.17, 15) is 9.90 Å². The molecule has 0 bridgehead atoms. The lowest BCUT2D eigenvalue weighted by atomic mass is 10.1. The van der Waals surface area contributed by atoms with Gasteiger partial charge in [0.1, 0.15) is 5.69 Å². The number of anilines is 1. The molecule has 1 amide bonds. The molecular formula is C18H18N4O2. The maximum atomic E-state index is 12.3. The second-order valence-corrected chi connectivity index (χ2v) is 6.13. The molecule has 1 fully saturated rings. The molecule has 3 N–H and O–H groups in total. The average Bonchev–Trinajstić information content (AvgIpc) is 3.21. The van der Waals surface area contributed by atoms with Crippen molar-refractivity contribution in [1.82, 2.24) is 15.0 Å². The van der Waals surface area contributed by atoms with E-state index in [0.29, 0.717) is 17.9 Å². The second-order valence-electron chi connectivity index (χ2n) is 6.13. The van der Waals surface area contributed by atoms with Crippen LogP contribution in [0.4, 0.5) is 5.69 Å². The minimum atomic E-state index is -0.531. The number of aromatic nitrogens is 3. The molecule has 2 aromatic heterocycles. The molecular weight excluding hydrogens is 304 g/mol. The summed E-state index contributed by atoms with van der Waals surface area (Å²) in [5, 5.41) is 12.7. The number of carbonyl (C=O) groups is 1. The first kappa shape index (κ1) is 14.8. The van der Waals surface area contributed by atoms with Gasteiger partial charge in [0, 0.05) is 11.9 Å². The summed E-state index contributed by atoms with van der Waals surface area (Å²) in [4.78, 5) is 24.3. The lowest BCUT2D eigenvalue weighted by Crippen LogP contribution is -2.28. The van der Waals surface area contributed by atoms with E-state index in [1.807, 2.05) is 36.4 Å². The predicted molar refractivity (Wildman–Crippen MR) is 91.3 cm³/mol. The Hall–Kier alpha value is -2.73. The lowest BCUT2D eigenvalue weighted by molar-refractivity contribution is -0.122. The first-order valence-corrected chi connectivity index (χ1v) is 8.11. The van der Waals surface area contributed by atoms with Gasteiger partial charge in [0.2, 0.25) is 5.91 Å². The van der Waals surface area contributed by atoms with Gasteiger partial charge in [0.05, 0.1) is 23.1 Å². The number of amides is 1. The number of nitrogens with zero attached hydrogens (tertiary/aromatic N) is 2. The average molecular weight is 322 g/mol. The fourth-order valence-corrected chi connectivity index (χ4v) is 3.19. The number of imidazole rings is 1. The Bertz CT molecular complexity index is 875. The van der Waals surface area contributed by atoms with E-state index in [0.717, 1.165) is 29.6 Å². The smallest absolute Gasteiger partial charge is 0.230 e. The summed E-state index contributed by atoms with van der Waals surface area (Å²) >= 11 is 0. The van der Waals surface area contributed by atoms with E-state index in [1.54, 1.807) is 6.20 Å². The predicted octanol–water partition coefficient (Wildman–Crippen LogP) is 2.72. The molecule has 0 saturated heterocycles. The van der Waals surface area contributed by atoms with Crippen LogP contribution in [0, 0.1) is 5.92 Å². The van der Waals surface area contributed by atoms with Crippen LogP contribution >= 0.6 is 0 Å². The Balaban J connectivity index is 1.58. The highest BCUT2D eigenvalue weighted by molar-refractivity contribution is 5.95. The third-order valence-electron chi connectivity index (χ3n) is 4.47. The highest BCUT2D eigenvalue weighted by atomic mass is 16.3. The number of benzene rings is 1. The zero-order valence-electron chi connectivity index (χ0n) is 13.1. The number of carbonyl (C=O) groups excluding carboxylic acids is 1. The van der Waals surface area contributed by atoms with Crippen LogP contribution in [0.1, 0.15) is 19.3 Å². The van der Waals surface area contributed by atoms with Crippen LogP contribution in [0.15, 0.2) is 42.6 Å². The van der Waals surface area contributed by atoms with Gasteiger partial charge in [-0.15, -0.1) is 0 Å². The SMILES string of the molecule is O=C(Nc1ccc2nc(-c3ccccn3)[nH]c2c1)C1CCCC1O. The van der Waals surface area contributed by atoms with Crippen LogP contribution in [0.3, 0.4) is 0 Å². The summed E-state index contributed by atoms with van der Waals surface area (Å²) in [5.41, 5.74) is 3.12. The lowest BCUT2D eigenvalue weighted by Gasteiger charge is -2.14. The van der Waals surface area contributed by atoms with E-state index < -0.39 is 6.10 Å². The summed E-state index contributed by atoms with van der Waals surface area (Å²) < 4.78 is 0. The summed E-state index contributed by atoms with van der Waals surface area (Å²) in [7, 11) is 0. The normalized spacial score (nSPS) is 20.4. The number of H-pyrrole nitrogens is 1. The third-order valence-corrected chi connectivity index (χ3v) is 4.47. The Kier molecular flexibility index (Phi) is 3.74. The van der Waals surface area contributed by atoms with Crippen molar-refractivity contribution in [3.63, 3.8) is 0 Å². The quantitative estimate of drug-likeness (QED) is 0.691. The number of aliphatic hydroxyl groups is 1. The highest BCUT2D eigenvalue weighted by Gasteiger charge is 2.31. The molecule has 4 rings (SSSR count). The number of rotatable bonds is 3. The van der Waals surface area contributed by atoms with Gasteiger partial charge in [-0.25, -0.2) is 4.98 Å².